The molecule has 1 aliphatic rings. The molecule has 28 heavy (non-hydrogen) atoms. The lowest BCUT2D eigenvalue weighted by Gasteiger charge is -2.13. The van der Waals surface area contributed by atoms with E-state index < -0.39 is 0 Å². The number of likely N-dealkylation sites (tertiary alicyclic amines) is 1. The molecule has 1 amide bonds. The van der Waals surface area contributed by atoms with Crippen LogP contribution in [0.5, 0.6) is 5.88 Å². The largest absolute Gasteiger partial charge is 0.479 e. The molecule has 1 atom stereocenters. The van der Waals surface area contributed by atoms with Gasteiger partial charge in [-0.15, -0.1) is 5.10 Å². The van der Waals surface area contributed by atoms with Crippen molar-refractivity contribution in [1.82, 2.24) is 34.1 Å². The van der Waals surface area contributed by atoms with Crippen LogP contribution in [0.25, 0.3) is 22.3 Å². The number of anilines is 1. The molecular weight excluding hydrogens is 360 g/mol. The highest BCUT2D eigenvalue weighted by atomic mass is 16.5. The Morgan fingerprint density at radius 2 is 2.14 bits per heavy atom. The van der Waals surface area contributed by atoms with Crippen molar-refractivity contribution in [2.24, 2.45) is 0 Å². The normalized spacial score (nSPS) is 17.0. The maximum atomic E-state index is 12.2. The van der Waals surface area contributed by atoms with Crippen molar-refractivity contribution in [3.8, 4) is 17.0 Å². The van der Waals surface area contributed by atoms with E-state index in [-0.39, 0.29) is 11.9 Å². The molecule has 10 heteroatoms. The number of pyridine rings is 1. The minimum Gasteiger partial charge on any atom is -0.479 e. The number of carbonyl (C=O) groups is 1. The number of fused-ring (bicyclic) bond motifs is 2. The smallest absolute Gasteiger partial charge is 0.244 e. The summed E-state index contributed by atoms with van der Waals surface area (Å²) in [5.74, 6) is 0.818. The van der Waals surface area contributed by atoms with Gasteiger partial charge in [0.15, 0.2) is 5.65 Å². The molecule has 5 heterocycles. The molecule has 4 aromatic rings. The first-order valence-electron chi connectivity index (χ1n) is 8.88. The molecule has 10 nitrogen and oxygen atoms in total. The van der Waals surface area contributed by atoms with Crippen molar-refractivity contribution < 1.29 is 9.53 Å². The van der Waals surface area contributed by atoms with Gasteiger partial charge >= 0.3 is 0 Å². The van der Waals surface area contributed by atoms with Gasteiger partial charge in [0.1, 0.15) is 17.9 Å². The van der Waals surface area contributed by atoms with E-state index >= 15 is 0 Å². The lowest BCUT2D eigenvalue weighted by Crippen LogP contribution is -2.31. The number of likely N-dealkylation sites (N-methyl/N-ethyl adjacent to an activating group) is 1. The Kier molecular flexibility index (Phi) is 3.64. The fraction of sp³-hybridized carbons (Fsp3) is 0.278. The molecule has 5 rings (SSSR count). The molecule has 1 fully saturated rings. The van der Waals surface area contributed by atoms with Crippen molar-refractivity contribution >= 4 is 23.0 Å². The SMILES string of the molecule is COc1nc(NC2CCN(C)C2=O)nn2ccc(-c3ccc4ncnn4c3)c12. The number of rotatable bonds is 4. The van der Waals surface area contributed by atoms with Crippen LogP contribution in [0.15, 0.2) is 36.9 Å². The Morgan fingerprint density at radius 1 is 1.25 bits per heavy atom. The number of hydrogen-bond acceptors (Lipinski definition) is 7. The van der Waals surface area contributed by atoms with E-state index in [1.165, 1.54) is 6.33 Å². The molecule has 1 unspecified atom stereocenters. The van der Waals surface area contributed by atoms with E-state index in [1.54, 1.807) is 28.1 Å². The molecule has 0 spiro atoms. The van der Waals surface area contributed by atoms with Gasteiger partial charge in [-0.3, -0.25) is 4.79 Å². The number of ether oxygens (including phenoxy) is 1. The Bertz CT molecular complexity index is 1200. The predicted molar refractivity (Wildman–Crippen MR) is 101 cm³/mol. The number of aromatic nitrogens is 6. The number of hydrogen-bond donors (Lipinski definition) is 1. The van der Waals surface area contributed by atoms with Gasteiger partial charge in [-0.2, -0.15) is 10.1 Å². The third-order valence-corrected chi connectivity index (χ3v) is 4.99. The maximum Gasteiger partial charge on any atom is 0.244 e. The van der Waals surface area contributed by atoms with Gasteiger partial charge in [-0.25, -0.2) is 14.0 Å². The van der Waals surface area contributed by atoms with Crippen molar-refractivity contribution in [2.75, 3.05) is 26.0 Å². The molecular formula is C18H18N8O2. The zero-order valence-electron chi connectivity index (χ0n) is 15.4. The Balaban J connectivity index is 1.56. The van der Waals surface area contributed by atoms with Gasteiger partial charge in [0.2, 0.25) is 17.7 Å². The topological polar surface area (TPSA) is 102 Å². The van der Waals surface area contributed by atoms with E-state index in [1.807, 2.05) is 30.6 Å². The third kappa shape index (κ3) is 2.53. The molecule has 1 saturated heterocycles. The minimum atomic E-state index is -0.322. The quantitative estimate of drug-likeness (QED) is 0.567. The highest BCUT2D eigenvalue weighted by Crippen LogP contribution is 2.31. The van der Waals surface area contributed by atoms with Gasteiger partial charge < -0.3 is 15.0 Å². The van der Waals surface area contributed by atoms with Crippen LogP contribution in [0.4, 0.5) is 5.95 Å². The van der Waals surface area contributed by atoms with Crippen LogP contribution in [0, 0.1) is 0 Å². The van der Waals surface area contributed by atoms with Gasteiger partial charge in [-0.1, -0.05) is 0 Å². The summed E-state index contributed by atoms with van der Waals surface area (Å²) < 4.78 is 8.95. The molecule has 4 aromatic heterocycles. The summed E-state index contributed by atoms with van der Waals surface area (Å²) in [7, 11) is 3.36. The van der Waals surface area contributed by atoms with Crippen LogP contribution in [0.2, 0.25) is 0 Å². The molecule has 0 saturated carbocycles. The second kappa shape index (κ2) is 6.19. The van der Waals surface area contributed by atoms with Gasteiger partial charge in [0.05, 0.1) is 7.11 Å². The molecule has 1 aliphatic heterocycles. The molecule has 0 aromatic carbocycles. The Labute approximate surface area is 159 Å². The van der Waals surface area contributed by atoms with E-state index in [9.17, 15) is 4.79 Å². The summed E-state index contributed by atoms with van der Waals surface area (Å²) in [6.07, 6.45) is 5.97. The molecule has 0 radical (unpaired) electrons. The van der Waals surface area contributed by atoms with E-state index in [2.05, 4.69) is 25.5 Å². The number of nitrogens with zero attached hydrogens (tertiary/aromatic N) is 7. The van der Waals surface area contributed by atoms with Gasteiger partial charge in [0, 0.05) is 37.1 Å². The molecule has 142 valence electrons. The number of methoxy groups -OCH3 is 1. The average Bonchev–Trinajstić information content (AvgIpc) is 3.42. The summed E-state index contributed by atoms with van der Waals surface area (Å²) in [5.41, 5.74) is 3.36. The Hall–Kier alpha value is -3.69. The lowest BCUT2D eigenvalue weighted by atomic mass is 10.1. The number of nitrogens with one attached hydrogen (secondary N) is 1. The van der Waals surface area contributed by atoms with Crippen LogP contribution >= 0.6 is 0 Å². The molecule has 1 N–H and O–H groups in total. The first-order valence-corrected chi connectivity index (χ1v) is 8.88. The Morgan fingerprint density at radius 3 is 2.93 bits per heavy atom. The minimum absolute atomic E-state index is 0.0389. The van der Waals surface area contributed by atoms with E-state index in [0.717, 1.165) is 22.3 Å². The number of carbonyl (C=O) groups excluding carboxylic acids is 1. The van der Waals surface area contributed by atoms with Crippen LogP contribution in [0.1, 0.15) is 6.42 Å². The van der Waals surface area contributed by atoms with E-state index in [4.69, 9.17) is 4.74 Å². The van der Waals surface area contributed by atoms with Crippen LogP contribution in [-0.2, 0) is 4.79 Å². The van der Waals surface area contributed by atoms with Crippen molar-refractivity contribution in [1.29, 1.82) is 0 Å². The first-order chi connectivity index (χ1) is 13.6. The average molecular weight is 378 g/mol. The predicted octanol–water partition coefficient (Wildman–Crippen LogP) is 1.09. The first kappa shape index (κ1) is 16.5. The lowest BCUT2D eigenvalue weighted by molar-refractivity contribution is -0.127. The second-order valence-corrected chi connectivity index (χ2v) is 6.69. The standard InChI is InChI=1S/C18H18N8O2/c1-24-7-6-13(17(24)27)21-18-22-16(28-2)15-12(5-8-25(15)23-18)11-3-4-14-19-10-20-26(14)9-11/h3-5,8-10,13H,6-7H2,1-2H3,(H,21,23). The van der Waals surface area contributed by atoms with Gasteiger partial charge in [-0.05, 0) is 24.6 Å². The monoisotopic (exact) mass is 378 g/mol. The second-order valence-electron chi connectivity index (χ2n) is 6.69. The van der Waals surface area contributed by atoms with Crippen LogP contribution in [-0.4, -0.2) is 66.7 Å². The van der Waals surface area contributed by atoms with Crippen molar-refractivity contribution in [3.05, 3.63) is 36.9 Å². The van der Waals surface area contributed by atoms with Crippen molar-refractivity contribution in [2.45, 2.75) is 12.5 Å². The highest BCUT2D eigenvalue weighted by Gasteiger charge is 2.30. The fourth-order valence-electron chi connectivity index (χ4n) is 3.52. The van der Waals surface area contributed by atoms with E-state index in [0.29, 0.717) is 24.8 Å². The summed E-state index contributed by atoms with van der Waals surface area (Å²) in [4.78, 5) is 22.5. The molecule has 0 aliphatic carbocycles. The molecule has 0 bridgehead atoms. The maximum absolute atomic E-state index is 12.2. The van der Waals surface area contributed by atoms with Gasteiger partial charge in [0.25, 0.3) is 0 Å². The number of amides is 1. The zero-order chi connectivity index (χ0) is 19.3. The van der Waals surface area contributed by atoms with Crippen molar-refractivity contribution in [3.63, 3.8) is 0 Å². The van der Waals surface area contributed by atoms with Crippen LogP contribution in [0.3, 0.4) is 0 Å². The summed E-state index contributed by atoms with van der Waals surface area (Å²) >= 11 is 0. The summed E-state index contributed by atoms with van der Waals surface area (Å²) in [6.45, 7) is 0.717. The summed E-state index contributed by atoms with van der Waals surface area (Å²) in [5, 5.41) is 11.8. The zero-order valence-corrected chi connectivity index (χ0v) is 15.4. The fourth-order valence-corrected chi connectivity index (χ4v) is 3.52. The van der Waals surface area contributed by atoms with Crippen LogP contribution < -0.4 is 10.1 Å². The highest BCUT2D eigenvalue weighted by molar-refractivity contribution is 5.87. The summed E-state index contributed by atoms with van der Waals surface area (Å²) in [6, 6.07) is 5.50. The third-order valence-electron chi connectivity index (χ3n) is 4.99.